The highest BCUT2D eigenvalue weighted by atomic mass is 32.3. The number of hydrogen-bond acceptors (Lipinski definition) is 4. The number of benzene rings is 2. The van der Waals surface area contributed by atoms with Gasteiger partial charge in [-0.1, -0.05) is 0 Å². The minimum atomic E-state index is -6.68. The first-order valence-electron chi connectivity index (χ1n) is 7.92. The van der Waals surface area contributed by atoms with Crippen molar-refractivity contribution in [3.63, 3.8) is 0 Å². The molecule has 0 fully saturated rings. The number of rotatable bonds is 5. The molecule has 0 aliphatic rings. The monoisotopic (exact) mass is 560 g/mol. The molecule has 0 spiro atoms. The smallest absolute Gasteiger partial charge is 0.227 e. The fourth-order valence-electron chi connectivity index (χ4n) is 2.90. The molecule has 0 aliphatic carbocycles. The van der Waals surface area contributed by atoms with Gasteiger partial charge in [-0.05, 0) is 0 Å². The Balaban J connectivity index is 3.15. The van der Waals surface area contributed by atoms with E-state index in [9.17, 15) is 73.9 Å². The predicted octanol–water partition coefficient (Wildman–Crippen LogP) is 4.77. The Bertz CT molecular complexity index is 1330. The van der Waals surface area contributed by atoms with Crippen LogP contribution in [0.1, 0.15) is 10.1 Å². The molecule has 192 valence electrons. The van der Waals surface area contributed by atoms with Gasteiger partial charge < -0.3 is 0 Å². The van der Waals surface area contributed by atoms with Crippen LogP contribution in [0, 0.1) is 40.7 Å². The maximum absolute atomic E-state index is 14.8. The molecule has 0 bridgehead atoms. The average Bonchev–Trinajstić information content (AvgIpc) is 2.60. The lowest BCUT2D eigenvalue weighted by atomic mass is 10.0. The molecular weight excluding hydrogens is 555 g/mol. The van der Waals surface area contributed by atoms with Gasteiger partial charge in [0.05, 0.1) is 16.3 Å². The van der Waals surface area contributed by atoms with Gasteiger partial charge in [0.25, 0.3) is 0 Å². The number of halogens is 13. The fourth-order valence-corrected chi connectivity index (χ4v) is 7.44. The van der Waals surface area contributed by atoms with Crippen LogP contribution in [0.4, 0.5) is 57.1 Å². The zero-order chi connectivity index (χ0) is 26.8. The Morgan fingerprint density at radius 3 is 1.12 bits per heavy atom. The molecule has 2 rings (SSSR count). The summed E-state index contributed by atoms with van der Waals surface area (Å²) < 4.78 is 218. The molecule has 34 heavy (non-hydrogen) atoms. The van der Waals surface area contributed by atoms with Gasteiger partial charge in [0.1, 0.15) is 17.3 Å². The third-order valence-electron chi connectivity index (χ3n) is 3.99. The van der Waals surface area contributed by atoms with E-state index in [2.05, 4.69) is 0 Å². The van der Waals surface area contributed by atoms with Crippen LogP contribution in [-0.4, -0.2) is 40.7 Å². The van der Waals surface area contributed by atoms with Gasteiger partial charge in [-0.3, -0.25) is 0 Å². The molecule has 0 aromatic heterocycles. The summed E-state index contributed by atoms with van der Waals surface area (Å²) in [7, 11) is -13.4. The maximum Gasteiger partial charge on any atom is 0.402 e. The lowest BCUT2D eigenvalue weighted by molar-refractivity contribution is -0.107. The molecule has 0 unspecified atom stereocenters. The zero-order valence-electron chi connectivity index (χ0n) is 15.4. The SMILES string of the molecule is O=S(=O)(CC(F)(F)F)C(c1c(F)c(F)c2c(F)c(F)c(F)c(F)c2c1F)S(=O)(=O)CC(F)(F)F. The van der Waals surface area contributed by atoms with Crippen molar-refractivity contribution in [3.8, 4) is 0 Å². The Hall–Kier alpha value is -2.31. The summed E-state index contributed by atoms with van der Waals surface area (Å²) in [5.74, 6) is -27.5. The predicted molar refractivity (Wildman–Crippen MR) is 86.1 cm³/mol. The van der Waals surface area contributed by atoms with Gasteiger partial charge in [-0.15, -0.1) is 0 Å². The molecule has 0 radical (unpaired) electrons. The lowest BCUT2D eigenvalue weighted by Crippen LogP contribution is -2.36. The van der Waals surface area contributed by atoms with Crippen LogP contribution in [0.5, 0.6) is 0 Å². The van der Waals surface area contributed by atoms with E-state index in [4.69, 9.17) is 0 Å². The molecule has 4 nitrogen and oxygen atoms in total. The molecule has 0 atom stereocenters. The zero-order valence-corrected chi connectivity index (χ0v) is 17.0. The topological polar surface area (TPSA) is 68.3 Å². The lowest BCUT2D eigenvalue weighted by Gasteiger charge is -2.22. The summed E-state index contributed by atoms with van der Waals surface area (Å²) >= 11 is 0. The molecule has 19 heteroatoms. The summed E-state index contributed by atoms with van der Waals surface area (Å²) in [5, 5.41) is -4.92. The highest BCUT2D eigenvalue weighted by Gasteiger charge is 2.52. The largest absolute Gasteiger partial charge is 0.402 e. The first kappa shape index (κ1) is 27.9. The highest BCUT2D eigenvalue weighted by Crippen LogP contribution is 2.43. The number of sulfone groups is 2. The van der Waals surface area contributed by atoms with E-state index in [1.54, 1.807) is 0 Å². The van der Waals surface area contributed by atoms with Crippen molar-refractivity contribution in [1.82, 2.24) is 0 Å². The third-order valence-corrected chi connectivity index (χ3v) is 8.98. The Labute approximate surface area is 179 Å². The molecule has 0 N–H and O–H groups in total. The number of alkyl halides is 6. The number of hydrogen-bond donors (Lipinski definition) is 0. The highest BCUT2D eigenvalue weighted by molar-refractivity contribution is 8.08. The normalized spacial score (nSPS) is 13.8. The van der Waals surface area contributed by atoms with E-state index >= 15 is 0 Å². The van der Waals surface area contributed by atoms with Crippen molar-refractivity contribution in [3.05, 3.63) is 46.3 Å². The van der Waals surface area contributed by atoms with Crippen LogP contribution >= 0.6 is 0 Å². The molecule has 0 heterocycles. The molecule has 0 saturated heterocycles. The van der Waals surface area contributed by atoms with Crippen molar-refractivity contribution in [2.45, 2.75) is 16.9 Å². The van der Waals surface area contributed by atoms with Crippen molar-refractivity contribution >= 4 is 30.4 Å². The second kappa shape index (κ2) is 8.42. The Kier molecular flexibility index (Phi) is 6.92. The van der Waals surface area contributed by atoms with Crippen molar-refractivity contribution < 1.29 is 73.9 Å². The van der Waals surface area contributed by atoms with Crippen LogP contribution in [0.3, 0.4) is 0 Å². The van der Waals surface area contributed by atoms with Crippen LogP contribution < -0.4 is 0 Å². The van der Waals surface area contributed by atoms with E-state index in [1.807, 2.05) is 0 Å². The molecule has 0 amide bonds. The number of fused-ring (bicyclic) bond motifs is 1. The van der Waals surface area contributed by atoms with Crippen LogP contribution in [-0.2, 0) is 19.7 Å². The fraction of sp³-hybridized carbons (Fsp3) is 0.333. The third kappa shape index (κ3) is 5.03. The first-order valence-corrected chi connectivity index (χ1v) is 11.3. The van der Waals surface area contributed by atoms with Crippen LogP contribution in [0.25, 0.3) is 10.8 Å². The summed E-state index contributed by atoms with van der Waals surface area (Å²) in [5.41, 5.74) is -2.96. The second-order valence-electron chi connectivity index (χ2n) is 6.54. The first-order chi connectivity index (χ1) is 15.0. The van der Waals surface area contributed by atoms with E-state index in [0.29, 0.717) is 0 Å². The molecule has 0 aliphatic heterocycles. The second-order valence-corrected chi connectivity index (χ2v) is 11.0. The quantitative estimate of drug-likeness (QED) is 0.301. The summed E-state index contributed by atoms with van der Waals surface area (Å²) in [6, 6.07) is 0. The van der Waals surface area contributed by atoms with Crippen LogP contribution in [0.2, 0.25) is 0 Å². The summed E-state index contributed by atoms with van der Waals surface area (Å²) in [4.78, 5) is 0. The van der Waals surface area contributed by atoms with E-state index in [1.165, 1.54) is 0 Å². The molecular formula is C15H5F13O4S2. The van der Waals surface area contributed by atoms with Gasteiger partial charge in [0.15, 0.2) is 59.2 Å². The van der Waals surface area contributed by atoms with Crippen LogP contribution in [0.15, 0.2) is 0 Å². The van der Waals surface area contributed by atoms with Gasteiger partial charge in [0, 0.05) is 0 Å². The van der Waals surface area contributed by atoms with Crippen molar-refractivity contribution in [2.75, 3.05) is 11.5 Å². The van der Waals surface area contributed by atoms with E-state index in [-0.39, 0.29) is 0 Å². The molecule has 2 aromatic rings. The Morgan fingerprint density at radius 2 is 0.794 bits per heavy atom. The van der Waals surface area contributed by atoms with E-state index < -0.39 is 105 Å². The van der Waals surface area contributed by atoms with Gasteiger partial charge >= 0.3 is 12.4 Å². The van der Waals surface area contributed by atoms with Crippen molar-refractivity contribution in [1.29, 1.82) is 0 Å². The Morgan fingerprint density at radius 1 is 0.500 bits per heavy atom. The van der Waals surface area contributed by atoms with Gasteiger partial charge in [0.2, 0.25) is 0 Å². The van der Waals surface area contributed by atoms with Gasteiger partial charge in [-0.25, -0.2) is 47.6 Å². The standard InChI is InChI=1S/C15H5F13O4S2/c16-6-3-4(9(19)12(22)11(21)8(3)18)7(17)10(20)5(6)13(33(29,30)1-14(23,24)25)34(31,32)2-15(26,27)28/h13H,1-2H2. The average molecular weight is 560 g/mol. The molecule has 0 saturated carbocycles. The van der Waals surface area contributed by atoms with Crippen molar-refractivity contribution in [2.24, 2.45) is 0 Å². The minimum absolute atomic E-state index is 2.41. The minimum Gasteiger partial charge on any atom is -0.227 e. The van der Waals surface area contributed by atoms with E-state index in [0.717, 1.165) is 0 Å². The van der Waals surface area contributed by atoms with Gasteiger partial charge in [-0.2, -0.15) is 26.3 Å². The maximum atomic E-state index is 14.8. The summed E-state index contributed by atoms with van der Waals surface area (Å²) in [6.45, 7) is 0. The molecule has 2 aromatic carbocycles. The summed E-state index contributed by atoms with van der Waals surface area (Å²) in [6.07, 6.45) is -11.9.